The Morgan fingerprint density at radius 3 is 2.62 bits per heavy atom. The van der Waals surface area contributed by atoms with Crippen LogP contribution in [-0.2, 0) is 15.8 Å². The zero-order valence-electron chi connectivity index (χ0n) is 14.6. The lowest BCUT2D eigenvalue weighted by atomic mass is 10.2. The van der Waals surface area contributed by atoms with Crippen molar-refractivity contribution in [2.75, 3.05) is 23.3 Å². The summed E-state index contributed by atoms with van der Waals surface area (Å²) in [7, 11) is -3.39. The topological polar surface area (TPSA) is 75.3 Å². The maximum atomic E-state index is 12.2. The van der Waals surface area contributed by atoms with Gasteiger partial charge in [-0.1, -0.05) is 41.4 Å². The Balaban J connectivity index is 1.80. The Bertz CT molecular complexity index is 886. The highest BCUT2D eigenvalue weighted by molar-refractivity contribution is 7.98. The van der Waals surface area contributed by atoms with Gasteiger partial charge in [0.1, 0.15) is 0 Å². The van der Waals surface area contributed by atoms with E-state index in [0.717, 1.165) is 17.8 Å². The van der Waals surface area contributed by atoms with Crippen LogP contribution in [0.25, 0.3) is 0 Å². The number of halogens is 1. The van der Waals surface area contributed by atoms with Crippen molar-refractivity contribution >= 4 is 45.0 Å². The second-order valence-corrected chi connectivity index (χ2v) is 9.13. The third-order valence-electron chi connectivity index (χ3n) is 3.40. The van der Waals surface area contributed by atoms with Crippen molar-refractivity contribution < 1.29 is 13.2 Å². The van der Waals surface area contributed by atoms with Gasteiger partial charge in [-0.15, -0.1) is 0 Å². The molecule has 0 spiro atoms. The molecule has 0 heterocycles. The van der Waals surface area contributed by atoms with Gasteiger partial charge in [-0.2, -0.15) is 11.8 Å². The molecule has 2 aromatic rings. The van der Waals surface area contributed by atoms with E-state index in [1.807, 2.05) is 6.07 Å². The molecule has 8 heteroatoms. The van der Waals surface area contributed by atoms with Crippen molar-refractivity contribution in [3.63, 3.8) is 0 Å². The molecular weight excluding hydrogens is 392 g/mol. The van der Waals surface area contributed by atoms with Crippen molar-refractivity contribution in [2.24, 2.45) is 0 Å². The molecular formula is C18H21ClN2O3S2. The largest absolute Gasteiger partial charge is 0.351 e. The van der Waals surface area contributed by atoms with E-state index in [1.165, 1.54) is 29.3 Å². The van der Waals surface area contributed by atoms with E-state index in [-0.39, 0.29) is 10.9 Å². The Morgan fingerprint density at radius 2 is 1.96 bits per heavy atom. The van der Waals surface area contributed by atoms with E-state index in [4.69, 9.17) is 11.6 Å². The maximum absolute atomic E-state index is 12.2. The van der Waals surface area contributed by atoms with Gasteiger partial charge in [0, 0.05) is 23.7 Å². The molecule has 0 bridgehead atoms. The molecule has 0 aliphatic carbocycles. The first kappa shape index (κ1) is 20.6. The number of amides is 1. The van der Waals surface area contributed by atoms with Crippen LogP contribution in [0.3, 0.4) is 0 Å². The van der Waals surface area contributed by atoms with Gasteiger partial charge >= 0.3 is 0 Å². The minimum Gasteiger partial charge on any atom is -0.351 e. The first-order chi connectivity index (χ1) is 12.2. The van der Waals surface area contributed by atoms with E-state index in [0.29, 0.717) is 17.8 Å². The smallest absolute Gasteiger partial charge is 0.252 e. The molecule has 0 unspecified atom stereocenters. The van der Waals surface area contributed by atoms with Crippen LogP contribution in [0.15, 0.2) is 42.5 Å². The van der Waals surface area contributed by atoms with E-state index >= 15 is 0 Å². The Kier molecular flexibility index (Phi) is 7.37. The molecule has 5 nitrogen and oxygen atoms in total. The summed E-state index contributed by atoms with van der Waals surface area (Å²) < 4.78 is 24.8. The average molecular weight is 413 g/mol. The fourth-order valence-corrected chi connectivity index (χ4v) is 3.93. The molecule has 2 N–H and O–H groups in total. The number of benzene rings is 2. The van der Waals surface area contributed by atoms with Gasteiger partial charge in [-0.05, 0) is 30.7 Å². The summed E-state index contributed by atoms with van der Waals surface area (Å²) in [5, 5.41) is 3.02. The van der Waals surface area contributed by atoms with Gasteiger partial charge in [-0.25, -0.2) is 8.42 Å². The fourth-order valence-electron chi connectivity index (χ4n) is 2.30. The standard InChI is InChI=1S/C18H21ClN2O3S2/c1-13-4-3-5-14(10-13)12-25-9-8-20-18(22)16-7-6-15(11-17(16)19)21-26(2,23)24/h3-7,10-11,21H,8-9,12H2,1-2H3,(H,20,22). The third-order valence-corrected chi connectivity index (χ3v) is 5.35. The molecule has 26 heavy (non-hydrogen) atoms. The molecule has 140 valence electrons. The highest BCUT2D eigenvalue weighted by atomic mass is 35.5. The lowest BCUT2D eigenvalue weighted by Gasteiger charge is -2.09. The van der Waals surface area contributed by atoms with E-state index in [2.05, 4.69) is 35.2 Å². The summed E-state index contributed by atoms with van der Waals surface area (Å²) in [4.78, 5) is 12.2. The third kappa shape index (κ3) is 6.90. The molecule has 0 saturated heterocycles. The van der Waals surface area contributed by atoms with E-state index < -0.39 is 10.0 Å². The van der Waals surface area contributed by atoms with Crippen LogP contribution in [0.4, 0.5) is 5.69 Å². The summed E-state index contributed by atoms with van der Waals surface area (Å²) in [6, 6.07) is 12.8. The second kappa shape index (κ2) is 9.30. The lowest BCUT2D eigenvalue weighted by Crippen LogP contribution is -2.26. The predicted molar refractivity (Wildman–Crippen MR) is 110 cm³/mol. The van der Waals surface area contributed by atoms with Crippen LogP contribution in [0.1, 0.15) is 21.5 Å². The zero-order chi connectivity index (χ0) is 19.2. The minimum atomic E-state index is -3.39. The number of sulfonamides is 1. The number of hydrogen-bond acceptors (Lipinski definition) is 4. The van der Waals surface area contributed by atoms with Crippen LogP contribution in [0.2, 0.25) is 5.02 Å². The molecule has 0 atom stereocenters. The average Bonchev–Trinajstić information content (AvgIpc) is 2.53. The number of carbonyl (C=O) groups is 1. The SMILES string of the molecule is Cc1cccc(CSCCNC(=O)c2ccc(NS(C)(=O)=O)cc2Cl)c1. The van der Waals surface area contributed by atoms with Crippen LogP contribution in [-0.4, -0.2) is 32.9 Å². The van der Waals surface area contributed by atoms with E-state index in [1.54, 1.807) is 11.8 Å². The van der Waals surface area contributed by atoms with Crippen molar-refractivity contribution in [1.29, 1.82) is 0 Å². The van der Waals surface area contributed by atoms with Gasteiger partial charge in [0.15, 0.2) is 0 Å². The highest BCUT2D eigenvalue weighted by Gasteiger charge is 2.11. The molecule has 0 radical (unpaired) electrons. The van der Waals surface area contributed by atoms with Gasteiger partial charge in [0.2, 0.25) is 10.0 Å². The molecule has 0 aromatic heterocycles. The second-order valence-electron chi connectivity index (χ2n) is 5.87. The molecule has 0 fully saturated rings. The van der Waals surface area contributed by atoms with Crippen LogP contribution in [0, 0.1) is 6.92 Å². The molecule has 0 aliphatic rings. The number of rotatable bonds is 8. The molecule has 1 amide bonds. The van der Waals surface area contributed by atoms with Crippen molar-refractivity contribution in [2.45, 2.75) is 12.7 Å². The lowest BCUT2D eigenvalue weighted by molar-refractivity contribution is 0.0956. The molecule has 0 saturated carbocycles. The zero-order valence-corrected chi connectivity index (χ0v) is 17.0. The summed E-state index contributed by atoms with van der Waals surface area (Å²) in [6.07, 6.45) is 1.05. The number of carbonyl (C=O) groups excluding carboxylic acids is 1. The van der Waals surface area contributed by atoms with E-state index in [9.17, 15) is 13.2 Å². The van der Waals surface area contributed by atoms with Gasteiger partial charge in [-0.3, -0.25) is 9.52 Å². The highest BCUT2D eigenvalue weighted by Crippen LogP contribution is 2.21. The maximum Gasteiger partial charge on any atom is 0.252 e. The van der Waals surface area contributed by atoms with Crippen LogP contribution in [0.5, 0.6) is 0 Å². The Morgan fingerprint density at radius 1 is 1.19 bits per heavy atom. The summed E-state index contributed by atoms with van der Waals surface area (Å²) in [6.45, 7) is 2.59. The van der Waals surface area contributed by atoms with Crippen molar-refractivity contribution in [3.05, 3.63) is 64.2 Å². The number of aryl methyl sites for hydroxylation is 1. The Hall–Kier alpha value is -1.70. The van der Waals surface area contributed by atoms with Crippen LogP contribution >= 0.6 is 23.4 Å². The quantitative estimate of drug-likeness (QED) is 0.648. The number of nitrogens with one attached hydrogen (secondary N) is 2. The van der Waals surface area contributed by atoms with Crippen LogP contribution < -0.4 is 10.0 Å². The summed E-state index contributed by atoms with van der Waals surface area (Å²) in [5.41, 5.74) is 3.13. The number of hydrogen-bond donors (Lipinski definition) is 2. The first-order valence-corrected chi connectivity index (χ1v) is 11.4. The summed E-state index contributed by atoms with van der Waals surface area (Å²) >= 11 is 7.83. The minimum absolute atomic E-state index is 0.198. The van der Waals surface area contributed by atoms with Gasteiger partial charge in [0.25, 0.3) is 5.91 Å². The van der Waals surface area contributed by atoms with Gasteiger partial charge in [0.05, 0.1) is 16.8 Å². The summed E-state index contributed by atoms with van der Waals surface area (Å²) in [5.74, 6) is 1.40. The fraction of sp³-hybridized carbons (Fsp3) is 0.278. The normalized spacial score (nSPS) is 11.2. The van der Waals surface area contributed by atoms with Crippen molar-refractivity contribution in [1.82, 2.24) is 5.32 Å². The number of anilines is 1. The Labute approximate surface area is 163 Å². The molecule has 2 rings (SSSR count). The number of thioether (sulfide) groups is 1. The van der Waals surface area contributed by atoms with Crippen molar-refractivity contribution in [3.8, 4) is 0 Å². The van der Waals surface area contributed by atoms with Gasteiger partial charge < -0.3 is 5.32 Å². The molecule has 0 aliphatic heterocycles. The predicted octanol–water partition coefficient (Wildman–Crippen LogP) is 3.68. The first-order valence-electron chi connectivity index (χ1n) is 7.93. The monoisotopic (exact) mass is 412 g/mol. The molecule has 2 aromatic carbocycles.